The third-order valence-electron chi connectivity index (χ3n) is 4.14. The van der Waals surface area contributed by atoms with E-state index in [1.807, 2.05) is 48.6 Å². The monoisotopic (exact) mass is 417 g/mol. The van der Waals surface area contributed by atoms with Crippen LogP contribution in [0.3, 0.4) is 0 Å². The molecule has 3 rings (SSSR count). The van der Waals surface area contributed by atoms with E-state index in [2.05, 4.69) is 5.32 Å². The number of esters is 1. The topological polar surface area (TPSA) is 64.6 Å². The molecule has 148 valence electrons. The molecule has 0 aromatic heterocycles. The first kappa shape index (κ1) is 20.6. The van der Waals surface area contributed by atoms with Gasteiger partial charge in [0, 0.05) is 11.5 Å². The molecule has 2 aromatic rings. The Labute approximate surface area is 173 Å². The van der Waals surface area contributed by atoms with E-state index in [0.29, 0.717) is 28.2 Å². The van der Waals surface area contributed by atoms with Crippen LogP contribution < -0.4 is 10.1 Å². The van der Waals surface area contributed by atoms with E-state index in [-0.39, 0.29) is 0 Å². The fraction of sp³-hybridized carbons (Fsp3) is 0.333. The standard InChI is InChI=1S/C21H23NO4S2/c1-3-25-18-7-5-4-6-17(18)22-19(23)14(2)26-20(24)15-8-10-16(11-9-15)21-27-12-13-28-21/h4-11,14,21H,3,12-13H2,1-2H3,(H,22,23)/t14-/m1/s1. The number of thioether (sulfide) groups is 2. The number of hydrogen-bond donors (Lipinski definition) is 1. The van der Waals surface area contributed by atoms with E-state index in [1.165, 1.54) is 5.56 Å². The van der Waals surface area contributed by atoms with Gasteiger partial charge in [-0.3, -0.25) is 4.79 Å². The number of hydrogen-bond acceptors (Lipinski definition) is 6. The summed E-state index contributed by atoms with van der Waals surface area (Å²) in [5, 5.41) is 2.75. The predicted octanol–water partition coefficient (Wildman–Crippen LogP) is 4.75. The first-order chi connectivity index (χ1) is 13.6. The normalized spacial score (nSPS) is 15.1. The summed E-state index contributed by atoms with van der Waals surface area (Å²) >= 11 is 3.83. The van der Waals surface area contributed by atoms with Gasteiger partial charge in [0.25, 0.3) is 5.91 Å². The molecule has 0 bridgehead atoms. The van der Waals surface area contributed by atoms with Crippen molar-refractivity contribution in [2.24, 2.45) is 0 Å². The molecule has 1 aliphatic heterocycles. The number of nitrogens with one attached hydrogen (secondary N) is 1. The van der Waals surface area contributed by atoms with E-state index >= 15 is 0 Å². The van der Waals surface area contributed by atoms with E-state index in [9.17, 15) is 9.59 Å². The number of carbonyl (C=O) groups is 2. The van der Waals surface area contributed by atoms with Crippen molar-refractivity contribution in [3.63, 3.8) is 0 Å². The minimum atomic E-state index is -0.928. The number of rotatable bonds is 7. The van der Waals surface area contributed by atoms with Gasteiger partial charge in [-0.15, -0.1) is 23.5 Å². The fourth-order valence-corrected chi connectivity index (χ4v) is 5.55. The van der Waals surface area contributed by atoms with Gasteiger partial charge in [-0.2, -0.15) is 0 Å². The lowest BCUT2D eigenvalue weighted by molar-refractivity contribution is -0.123. The van der Waals surface area contributed by atoms with E-state index < -0.39 is 18.0 Å². The minimum absolute atomic E-state index is 0.407. The minimum Gasteiger partial charge on any atom is -0.492 e. The Bertz CT molecular complexity index is 819. The molecule has 0 aliphatic carbocycles. The number of ether oxygens (including phenoxy) is 2. The molecule has 28 heavy (non-hydrogen) atoms. The quantitative estimate of drug-likeness (QED) is 0.656. The van der Waals surface area contributed by atoms with E-state index in [1.54, 1.807) is 37.3 Å². The van der Waals surface area contributed by atoms with Crippen molar-refractivity contribution < 1.29 is 19.1 Å². The molecule has 7 heteroatoms. The molecule has 1 amide bonds. The predicted molar refractivity (Wildman–Crippen MR) is 115 cm³/mol. The van der Waals surface area contributed by atoms with Crippen LogP contribution in [0, 0.1) is 0 Å². The summed E-state index contributed by atoms with van der Waals surface area (Å²) in [4.78, 5) is 24.8. The first-order valence-electron chi connectivity index (χ1n) is 9.15. The second-order valence-electron chi connectivity index (χ2n) is 6.16. The second-order valence-corrected chi connectivity index (χ2v) is 8.89. The van der Waals surface area contributed by atoms with Crippen molar-refractivity contribution in [3.05, 3.63) is 59.7 Å². The number of para-hydroxylation sites is 2. The van der Waals surface area contributed by atoms with Crippen molar-refractivity contribution in [2.75, 3.05) is 23.4 Å². The molecular weight excluding hydrogens is 394 g/mol. The van der Waals surface area contributed by atoms with Gasteiger partial charge < -0.3 is 14.8 Å². The van der Waals surface area contributed by atoms with Crippen LogP contribution in [0.5, 0.6) is 5.75 Å². The number of amides is 1. The Morgan fingerprint density at radius 2 is 1.79 bits per heavy atom. The fourth-order valence-electron chi connectivity index (χ4n) is 2.69. The molecule has 1 N–H and O–H groups in total. The molecule has 0 radical (unpaired) electrons. The summed E-state index contributed by atoms with van der Waals surface area (Å²) in [7, 11) is 0. The van der Waals surface area contributed by atoms with Crippen molar-refractivity contribution in [1.29, 1.82) is 0 Å². The lowest BCUT2D eigenvalue weighted by atomic mass is 10.1. The Balaban J connectivity index is 1.58. The Morgan fingerprint density at radius 1 is 1.11 bits per heavy atom. The number of carbonyl (C=O) groups excluding carboxylic acids is 2. The molecule has 1 saturated heterocycles. The van der Waals surface area contributed by atoms with Gasteiger partial charge in [-0.25, -0.2) is 4.79 Å². The third kappa shape index (κ3) is 5.23. The lowest BCUT2D eigenvalue weighted by Crippen LogP contribution is -2.30. The van der Waals surface area contributed by atoms with Crippen LogP contribution in [0.15, 0.2) is 48.5 Å². The highest BCUT2D eigenvalue weighted by Gasteiger charge is 2.22. The van der Waals surface area contributed by atoms with Crippen molar-refractivity contribution in [1.82, 2.24) is 0 Å². The zero-order chi connectivity index (χ0) is 19.9. The van der Waals surface area contributed by atoms with Crippen LogP contribution in [-0.4, -0.2) is 36.1 Å². The average molecular weight is 418 g/mol. The Hall–Kier alpha value is -2.12. The first-order valence-corrected chi connectivity index (χ1v) is 11.2. The summed E-state index contributed by atoms with van der Waals surface area (Å²) in [6.45, 7) is 3.92. The number of benzene rings is 2. The number of anilines is 1. The SMILES string of the molecule is CCOc1ccccc1NC(=O)[C@@H](C)OC(=O)c1ccc(C2SCCS2)cc1. The van der Waals surface area contributed by atoms with Gasteiger partial charge in [-0.1, -0.05) is 24.3 Å². The Kier molecular flexibility index (Phi) is 7.28. The maximum Gasteiger partial charge on any atom is 0.338 e. The van der Waals surface area contributed by atoms with Crippen LogP contribution in [0.4, 0.5) is 5.69 Å². The van der Waals surface area contributed by atoms with Crippen LogP contribution in [-0.2, 0) is 9.53 Å². The largest absolute Gasteiger partial charge is 0.492 e. The van der Waals surface area contributed by atoms with E-state index in [4.69, 9.17) is 9.47 Å². The molecule has 0 unspecified atom stereocenters. The highest BCUT2D eigenvalue weighted by Crippen LogP contribution is 2.45. The smallest absolute Gasteiger partial charge is 0.338 e. The summed E-state index contributed by atoms with van der Waals surface area (Å²) in [6.07, 6.45) is -0.928. The molecule has 1 atom stereocenters. The van der Waals surface area contributed by atoms with Crippen molar-refractivity contribution in [3.8, 4) is 5.75 Å². The maximum absolute atomic E-state index is 12.4. The van der Waals surface area contributed by atoms with Gasteiger partial charge in [0.05, 0.1) is 22.4 Å². The van der Waals surface area contributed by atoms with Crippen LogP contribution in [0.1, 0.15) is 34.4 Å². The maximum atomic E-state index is 12.4. The van der Waals surface area contributed by atoms with Gasteiger partial charge in [0.1, 0.15) is 5.75 Å². The van der Waals surface area contributed by atoms with Gasteiger partial charge in [-0.05, 0) is 43.7 Å². The molecular formula is C21H23NO4S2. The summed E-state index contributed by atoms with van der Waals surface area (Å²) < 4.78 is 11.3. The summed E-state index contributed by atoms with van der Waals surface area (Å²) in [5.41, 5.74) is 2.18. The van der Waals surface area contributed by atoms with Crippen LogP contribution in [0.25, 0.3) is 0 Å². The van der Waals surface area contributed by atoms with E-state index in [0.717, 1.165) is 11.5 Å². The summed E-state index contributed by atoms with van der Waals surface area (Å²) in [5.74, 6) is 1.96. The average Bonchev–Trinajstić information content (AvgIpc) is 3.24. The highest BCUT2D eigenvalue weighted by molar-refractivity contribution is 8.19. The zero-order valence-corrected chi connectivity index (χ0v) is 17.5. The van der Waals surface area contributed by atoms with Gasteiger partial charge >= 0.3 is 5.97 Å². The third-order valence-corrected chi connectivity index (χ3v) is 7.24. The molecule has 0 spiro atoms. The van der Waals surface area contributed by atoms with Gasteiger partial charge in [0.15, 0.2) is 6.10 Å². The molecule has 1 heterocycles. The molecule has 5 nitrogen and oxygen atoms in total. The summed E-state index contributed by atoms with van der Waals surface area (Å²) in [6, 6.07) is 14.6. The molecule has 1 aliphatic rings. The van der Waals surface area contributed by atoms with Crippen LogP contribution in [0.2, 0.25) is 0 Å². The molecule has 0 saturated carbocycles. The highest BCUT2D eigenvalue weighted by atomic mass is 32.2. The van der Waals surface area contributed by atoms with Crippen molar-refractivity contribution in [2.45, 2.75) is 24.5 Å². The van der Waals surface area contributed by atoms with Gasteiger partial charge in [0.2, 0.25) is 0 Å². The van der Waals surface area contributed by atoms with Crippen molar-refractivity contribution >= 4 is 41.1 Å². The second kappa shape index (κ2) is 9.89. The zero-order valence-electron chi connectivity index (χ0n) is 15.8. The molecule has 1 fully saturated rings. The lowest BCUT2D eigenvalue weighted by Gasteiger charge is -2.16. The van der Waals surface area contributed by atoms with Crippen LogP contribution >= 0.6 is 23.5 Å². The Morgan fingerprint density at radius 3 is 2.46 bits per heavy atom. The molecule has 2 aromatic carbocycles.